The first-order valence-corrected chi connectivity index (χ1v) is 8.09. The number of halogens is 3. The highest BCUT2D eigenvalue weighted by molar-refractivity contribution is 5.93. The van der Waals surface area contributed by atoms with Crippen molar-refractivity contribution in [2.45, 2.75) is 25.6 Å². The van der Waals surface area contributed by atoms with Gasteiger partial charge in [-0.05, 0) is 35.7 Å². The number of ether oxygens (including phenoxy) is 1. The molecule has 0 aromatic heterocycles. The lowest BCUT2D eigenvalue weighted by molar-refractivity contribution is -0.274. The Kier molecular flexibility index (Phi) is 6.44. The summed E-state index contributed by atoms with van der Waals surface area (Å²) < 4.78 is 40.2. The topological polar surface area (TPSA) is 75.6 Å². The molecule has 1 amide bonds. The quantitative estimate of drug-likeness (QED) is 0.745. The monoisotopic (exact) mass is 381 g/mol. The summed E-state index contributed by atoms with van der Waals surface area (Å²) in [5, 5.41) is 11.9. The average molecular weight is 381 g/mol. The van der Waals surface area contributed by atoms with Gasteiger partial charge >= 0.3 is 12.3 Å². The number of carbonyl (C=O) groups excluding carboxylic acids is 1. The van der Waals surface area contributed by atoms with Gasteiger partial charge in [0.25, 0.3) is 0 Å². The molecular formula is C19H18F3NO4. The fourth-order valence-electron chi connectivity index (χ4n) is 2.62. The Balaban J connectivity index is 2.01. The number of aliphatic carboxylic acids is 1. The van der Waals surface area contributed by atoms with Crippen molar-refractivity contribution in [2.24, 2.45) is 5.92 Å². The number of alkyl halides is 3. The van der Waals surface area contributed by atoms with Crippen molar-refractivity contribution >= 4 is 17.6 Å². The van der Waals surface area contributed by atoms with E-state index in [1.165, 1.54) is 12.1 Å². The number of hydrogen-bond donors (Lipinski definition) is 2. The van der Waals surface area contributed by atoms with E-state index in [0.29, 0.717) is 0 Å². The molecule has 0 unspecified atom stereocenters. The Bertz CT molecular complexity index is 776. The number of carboxylic acids is 1. The molecule has 0 spiro atoms. The van der Waals surface area contributed by atoms with E-state index < -0.39 is 35.8 Å². The zero-order chi connectivity index (χ0) is 20.0. The van der Waals surface area contributed by atoms with Gasteiger partial charge in [-0.3, -0.25) is 9.59 Å². The van der Waals surface area contributed by atoms with Crippen LogP contribution >= 0.6 is 0 Å². The lowest BCUT2D eigenvalue weighted by Crippen LogP contribution is -2.26. The molecule has 0 aliphatic carbocycles. The van der Waals surface area contributed by atoms with Crippen molar-refractivity contribution in [1.82, 2.24) is 0 Å². The number of carboxylic acid groups (broad SMARTS) is 1. The highest BCUT2D eigenvalue weighted by Gasteiger charge is 2.31. The van der Waals surface area contributed by atoms with Crippen molar-refractivity contribution < 1.29 is 32.6 Å². The van der Waals surface area contributed by atoms with Gasteiger partial charge in [0.1, 0.15) is 5.75 Å². The van der Waals surface area contributed by atoms with Crippen molar-refractivity contribution in [3.8, 4) is 5.75 Å². The van der Waals surface area contributed by atoms with Crippen LogP contribution in [-0.2, 0) is 9.59 Å². The molecule has 0 aliphatic heterocycles. The molecule has 0 heterocycles. The number of amides is 1. The fourth-order valence-corrected chi connectivity index (χ4v) is 2.62. The summed E-state index contributed by atoms with van der Waals surface area (Å²) in [4.78, 5) is 23.8. The van der Waals surface area contributed by atoms with Gasteiger partial charge in [0, 0.05) is 12.1 Å². The van der Waals surface area contributed by atoms with Gasteiger partial charge in [-0.1, -0.05) is 37.3 Å². The van der Waals surface area contributed by atoms with Crippen LogP contribution in [0.5, 0.6) is 5.75 Å². The van der Waals surface area contributed by atoms with E-state index in [1.54, 1.807) is 31.2 Å². The molecule has 2 rings (SSSR count). The molecule has 0 fully saturated rings. The predicted octanol–water partition coefficient (Wildman–Crippen LogP) is 4.42. The maximum absolute atomic E-state index is 12.2. The van der Waals surface area contributed by atoms with Gasteiger partial charge in [-0.15, -0.1) is 13.2 Å². The second-order valence-corrected chi connectivity index (χ2v) is 5.97. The molecule has 2 aromatic carbocycles. The summed E-state index contributed by atoms with van der Waals surface area (Å²) in [6, 6.07) is 13.6. The van der Waals surface area contributed by atoms with Gasteiger partial charge in [0.2, 0.25) is 5.91 Å². The highest BCUT2D eigenvalue weighted by Crippen LogP contribution is 2.28. The molecule has 2 atom stereocenters. The number of rotatable bonds is 7. The molecule has 27 heavy (non-hydrogen) atoms. The largest absolute Gasteiger partial charge is 0.573 e. The van der Waals surface area contributed by atoms with Crippen LogP contribution in [0.4, 0.5) is 18.9 Å². The van der Waals surface area contributed by atoms with Crippen molar-refractivity contribution in [3.63, 3.8) is 0 Å². The second-order valence-electron chi connectivity index (χ2n) is 5.97. The zero-order valence-electron chi connectivity index (χ0n) is 14.4. The van der Waals surface area contributed by atoms with E-state index in [9.17, 15) is 27.9 Å². The summed E-state index contributed by atoms with van der Waals surface area (Å²) in [6.07, 6.45) is -5.07. The van der Waals surface area contributed by atoms with Crippen LogP contribution in [0, 0.1) is 5.92 Å². The maximum Gasteiger partial charge on any atom is 0.573 e. The van der Waals surface area contributed by atoms with Gasteiger partial charge in [-0.2, -0.15) is 0 Å². The minimum atomic E-state index is -4.80. The molecule has 0 radical (unpaired) electrons. The first-order chi connectivity index (χ1) is 12.7. The number of nitrogens with one attached hydrogen (secondary N) is 1. The van der Waals surface area contributed by atoms with Crippen molar-refractivity contribution in [2.75, 3.05) is 5.32 Å². The number of carbonyl (C=O) groups is 2. The Hall–Kier alpha value is -3.03. The van der Waals surface area contributed by atoms with Gasteiger partial charge in [0.15, 0.2) is 0 Å². The predicted molar refractivity (Wildman–Crippen MR) is 92.4 cm³/mol. The number of hydrogen-bond acceptors (Lipinski definition) is 3. The third kappa shape index (κ3) is 6.32. The van der Waals surface area contributed by atoms with Crippen LogP contribution in [0.2, 0.25) is 0 Å². The minimum Gasteiger partial charge on any atom is -0.481 e. The molecule has 2 aromatic rings. The van der Waals surface area contributed by atoms with Crippen LogP contribution in [0.3, 0.4) is 0 Å². The van der Waals surface area contributed by atoms with Gasteiger partial charge < -0.3 is 15.2 Å². The summed E-state index contributed by atoms with van der Waals surface area (Å²) in [6.45, 7) is 1.73. The summed E-state index contributed by atoms with van der Waals surface area (Å²) in [5.41, 5.74) is 1.04. The fraction of sp³-hybridized carbons (Fsp3) is 0.263. The smallest absolute Gasteiger partial charge is 0.481 e. The van der Waals surface area contributed by atoms with Crippen LogP contribution in [0.15, 0.2) is 54.6 Å². The summed E-state index contributed by atoms with van der Waals surface area (Å²) >= 11 is 0. The van der Waals surface area contributed by atoms with Crippen LogP contribution < -0.4 is 10.1 Å². The van der Waals surface area contributed by atoms with Crippen LogP contribution in [0.1, 0.15) is 24.8 Å². The lowest BCUT2D eigenvalue weighted by atomic mass is 9.85. The Labute approximate surface area is 153 Å². The summed E-state index contributed by atoms with van der Waals surface area (Å²) in [7, 11) is 0. The van der Waals surface area contributed by atoms with E-state index in [2.05, 4.69) is 10.1 Å². The van der Waals surface area contributed by atoms with Gasteiger partial charge in [-0.25, -0.2) is 0 Å². The Morgan fingerprint density at radius 3 is 2.19 bits per heavy atom. The minimum absolute atomic E-state index is 0.242. The van der Waals surface area contributed by atoms with Crippen molar-refractivity contribution in [1.29, 1.82) is 0 Å². The first kappa shape index (κ1) is 20.3. The zero-order valence-corrected chi connectivity index (χ0v) is 14.4. The molecule has 0 aliphatic rings. The third-order valence-corrected chi connectivity index (χ3v) is 4.02. The first-order valence-electron chi connectivity index (χ1n) is 8.09. The molecule has 0 saturated heterocycles. The number of anilines is 1. The standard InChI is InChI=1S/C19H18F3NO4/c1-12(13-5-3-2-4-6-13)16(18(25)26)11-17(24)23-14-7-9-15(10-8-14)27-19(20,21)22/h2-10,12,16H,11H2,1H3,(H,23,24)(H,25,26)/t12-,16+/m1/s1. The third-order valence-electron chi connectivity index (χ3n) is 4.02. The molecule has 0 saturated carbocycles. The van der Waals surface area contributed by atoms with Crippen molar-refractivity contribution in [3.05, 3.63) is 60.2 Å². The molecule has 144 valence electrons. The average Bonchev–Trinajstić information content (AvgIpc) is 2.60. The second kappa shape index (κ2) is 8.57. The molecule has 5 nitrogen and oxygen atoms in total. The normalized spacial score (nSPS) is 13.5. The maximum atomic E-state index is 12.2. The van der Waals surface area contributed by atoms with Crippen LogP contribution in [0.25, 0.3) is 0 Å². The molecule has 8 heteroatoms. The summed E-state index contributed by atoms with van der Waals surface area (Å²) in [5.74, 6) is -3.40. The molecule has 0 bridgehead atoms. The SMILES string of the molecule is C[C@H](c1ccccc1)[C@H](CC(=O)Nc1ccc(OC(F)(F)F)cc1)C(=O)O. The Morgan fingerprint density at radius 2 is 1.67 bits per heavy atom. The van der Waals surface area contributed by atoms with E-state index in [-0.39, 0.29) is 12.1 Å². The number of benzene rings is 2. The van der Waals surface area contributed by atoms with E-state index in [1.807, 2.05) is 6.07 Å². The van der Waals surface area contributed by atoms with Crippen LogP contribution in [-0.4, -0.2) is 23.3 Å². The Morgan fingerprint density at radius 1 is 1.07 bits per heavy atom. The van der Waals surface area contributed by atoms with E-state index in [4.69, 9.17) is 0 Å². The molecular weight excluding hydrogens is 363 g/mol. The lowest BCUT2D eigenvalue weighted by Gasteiger charge is -2.20. The van der Waals surface area contributed by atoms with E-state index in [0.717, 1.165) is 17.7 Å². The molecule has 2 N–H and O–H groups in total. The van der Waals surface area contributed by atoms with Gasteiger partial charge in [0.05, 0.1) is 5.92 Å². The highest BCUT2D eigenvalue weighted by atomic mass is 19.4. The van der Waals surface area contributed by atoms with E-state index >= 15 is 0 Å².